The van der Waals surface area contributed by atoms with Crippen LogP contribution in [0.25, 0.3) is 22.3 Å². The fourth-order valence-electron chi connectivity index (χ4n) is 4.41. The van der Waals surface area contributed by atoms with E-state index in [0.717, 1.165) is 41.0 Å². The molecule has 0 aliphatic heterocycles. The molecule has 3 aromatic carbocycles. The number of aliphatic hydroxyl groups is 1. The molecule has 208 valence electrons. The molecule has 0 fully saturated rings. The van der Waals surface area contributed by atoms with Gasteiger partial charge in [0.2, 0.25) is 0 Å². The number of benzene rings is 3. The Kier molecular flexibility index (Phi) is 12.6. The zero-order chi connectivity index (χ0) is 27.9. The Balaban J connectivity index is 1.77. The van der Waals surface area contributed by atoms with E-state index in [-0.39, 0.29) is 19.2 Å². The molecule has 0 aliphatic carbocycles. The SMILES string of the molecule is C=C(CO)CCOc1cccc(-c2ccc(-c3ccc(OCCOC(C)=O)cc3)cc2CCCCCCC)c1. The zero-order valence-electron chi connectivity index (χ0n) is 23.4. The summed E-state index contributed by atoms with van der Waals surface area (Å²) in [6, 6.07) is 23.0. The maximum absolute atomic E-state index is 10.9. The second-order valence-electron chi connectivity index (χ2n) is 9.78. The van der Waals surface area contributed by atoms with Gasteiger partial charge in [-0.05, 0) is 70.5 Å². The highest BCUT2D eigenvalue weighted by Crippen LogP contribution is 2.33. The maximum Gasteiger partial charge on any atom is 0.302 e. The lowest BCUT2D eigenvalue weighted by molar-refractivity contribution is -0.141. The summed E-state index contributed by atoms with van der Waals surface area (Å²) in [5.74, 6) is 1.26. The van der Waals surface area contributed by atoms with E-state index in [2.05, 4.69) is 56.0 Å². The first-order valence-corrected chi connectivity index (χ1v) is 14.0. The first kappa shape index (κ1) is 30.0. The highest BCUT2D eigenvalue weighted by molar-refractivity contribution is 5.74. The number of aliphatic hydroxyl groups excluding tert-OH is 1. The third-order valence-electron chi connectivity index (χ3n) is 6.59. The Bertz CT molecular complexity index is 1180. The van der Waals surface area contributed by atoms with Crippen LogP contribution < -0.4 is 9.47 Å². The third-order valence-corrected chi connectivity index (χ3v) is 6.59. The van der Waals surface area contributed by atoms with Crippen LogP contribution in [0, 0.1) is 0 Å². The number of aryl methyl sites for hydroxylation is 1. The average Bonchev–Trinajstić information content (AvgIpc) is 2.95. The number of hydrogen-bond acceptors (Lipinski definition) is 5. The summed E-state index contributed by atoms with van der Waals surface area (Å²) in [4.78, 5) is 10.9. The predicted molar refractivity (Wildman–Crippen MR) is 158 cm³/mol. The summed E-state index contributed by atoms with van der Waals surface area (Å²) in [7, 11) is 0. The number of unbranched alkanes of at least 4 members (excludes halogenated alkanes) is 4. The third kappa shape index (κ3) is 10.3. The largest absolute Gasteiger partial charge is 0.493 e. The zero-order valence-corrected chi connectivity index (χ0v) is 23.4. The van der Waals surface area contributed by atoms with Crippen molar-refractivity contribution in [2.75, 3.05) is 26.4 Å². The Morgan fingerprint density at radius 3 is 2.28 bits per heavy atom. The standard InChI is InChI=1S/C34H42O5/c1-4-5-6-7-8-10-30-23-29(28-13-16-32(17-14-28)39-22-21-37-27(3)36)15-18-34(30)31-11-9-12-33(24-31)38-20-19-26(2)25-35/h9,11-18,23-24,35H,2,4-8,10,19-22,25H2,1,3H3. The first-order chi connectivity index (χ1) is 19.0. The van der Waals surface area contributed by atoms with E-state index in [1.807, 2.05) is 24.3 Å². The van der Waals surface area contributed by atoms with Crippen molar-refractivity contribution in [2.45, 2.75) is 58.8 Å². The highest BCUT2D eigenvalue weighted by Gasteiger charge is 2.10. The molecule has 0 aromatic heterocycles. The van der Waals surface area contributed by atoms with Gasteiger partial charge in [-0.25, -0.2) is 0 Å². The molecule has 0 heterocycles. The minimum absolute atomic E-state index is 0.0107. The van der Waals surface area contributed by atoms with Crippen molar-refractivity contribution in [3.63, 3.8) is 0 Å². The normalized spacial score (nSPS) is 10.7. The number of hydrogen-bond donors (Lipinski definition) is 1. The van der Waals surface area contributed by atoms with Gasteiger partial charge in [0.1, 0.15) is 24.7 Å². The van der Waals surface area contributed by atoms with Gasteiger partial charge in [0, 0.05) is 13.3 Å². The molecule has 5 nitrogen and oxygen atoms in total. The smallest absolute Gasteiger partial charge is 0.302 e. The van der Waals surface area contributed by atoms with E-state index in [0.29, 0.717) is 19.6 Å². The van der Waals surface area contributed by atoms with Gasteiger partial charge in [-0.1, -0.05) is 81.7 Å². The second kappa shape index (κ2) is 16.4. The molecule has 0 atom stereocenters. The quantitative estimate of drug-likeness (QED) is 0.110. The van der Waals surface area contributed by atoms with Crippen molar-refractivity contribution >= 4 is 5.97 Å². The molecular formula is C34H42O5. The van der Waals surface area contributed by atoms with Crippen molar-refractivity contribution in [1.82, 2.24) is 0 Å². The molecule has 3 aromatic rings. The fourth-order valence-corrected chi connectivity index (χ4v) is 4.41. The molecular weight excluding hydrogens is 488 g/mol. The lowest BCUT2D eigenvalue weighted by atomic mass is 9.92. The van der Waals surface area contributed by atoms with E-state index in [1.54, 1.807) is 0 Å². The number of carbonyl (C=O) groups excluding carboxylic acids is 1. The predicted octanol–water partition coefficient (Wildman–Crippen LogP) is 7.79. The highest BCUT2D eigenvalue weighted by atomic mass is 16.6. The average molecular weight is 531 g/mol. The van der Waals surface area contributed by atoms with E-state index in [9.17, 15) is 9.90 Å². The van der Waals surface area contributed by atoms with Gasteiger partial charge in [-0.2, -0.15) is 0 Å². The van der Waals surface area contributed by atoms with Crippen LogP contribution in [-0.2, 0) is 16.0 Å². The molecule has 5 heteroatoms. The molecule has 3 rings (SSSR count). The van der Waals surface area contributed by atoms with Crippen LogP contribution in [0.4, 0.5) is 0 Å². The maximum atomic E-state index is 10.9. The van der Waals surface area contributed by atoms with Crippen LogP contribution in [0.2, 0.25) is 0 Å². The Morgan fingerprint density at radius 1 is 0.795 bits per heavy atom. The molecule has 1 N–H and O–H groups in total. The monoisotopic (exact) mass is 530 g/mol. The van der Waals surface area contributed by atoms with E-state index in [1.165, 1.54) is 49.3 Å². The van der Waals surface area contributed by atoms with Crippen LogP contribution in [0.15, 0.2) is 78.9 Å². The molecule has 0 spiro atoms. The molecule has 39 heavy (non-hydrogen) atoms. The van der Waals surface area contributed by atoms with Crippen molar-refractivity contribution in [3.8, 4) is 33.8 Å². The number of ether oxygens (including phenoxy) is 3. The summed E-state index contributed by atoms with van der Waals surface area (Å²) >= 11 is 0. The van der Waals surface area contributed by atoms with Gasteiger partial charge < -0.3 is 19.3 Å². The molecule has 0 aliphatic rings. The van der Waals surface area contributed by atoms with Crippen LogP contribution in [0.1, 0.15) is 57.9 Å². The number of rotatable bonds is 17. The van der Waals surface area contributed by atoms with Crippen LogP contribution in [0.5, 0.6) is 11.5 Å². The van der Waals surface area contributed by atoms with E-state index >= 15 is 0 Å². The van der Waals surface area contributed by atoms with Crippen LogP contribution >= 0.6 is 0 Å². The van der Waals surface area contributed by atoms with Crippen molar-refractivity contribution < 1.29 is 24.1 Å². The minimum Gasteiger partial charge on any atom is -0.493 e. The van der Waals surface area contributed by atoms with Gasteiger partial charge in [-0.15, -0.1) is 0 Å². The van der Waals surface area contributed by atoms with E-state index < -0.39 is 0 Å². The number of carbonyl (C=O) groups is 1. The molecule has 0 unspecified atom stereocenters. The van der Waals surface area contributed by atoms with Gasteiger partial charge in [-0.3, -0.25) is 4.79 Å². The second-order valence-corrected chi connectivity index (χ2v) is 9.78. The van der Waals surface area contributed by atoms with Gasteiger partial charge in [0.25, 0.3) is 0 Å². The fraction of sp³-hybridized carbons (Fsp3) is 0.382. The lowest BCUT2D eigenvalue weighted by Gasteiger charge is -2.15. The molecule has 0 bridgehead atoms. The van der Waals surface area contributed by atoms with Gasteiger partial charge in [0.05, 0.1) is 13.2 Å². The topological polar surface area (TPSA) is 65.0 Å². The lowest BCUT2D eigenvalue weighted by Crippen LogP contribution is -2.09. The summed E-state index contributed by atoms with van der Waals surface area (Å²) in [5, 5.41) is 9.18. The first-order valence-electron chi connectivity index (χ1n) is 14.0. The summed E-state index contributed by atoms with van der Waals surface area (Å²) < 4.78 is 16.6. The molecule has 0 radical (unpaired) electrons. The Morgan fingerprint density at radius 2 is 1.54 bits per heavy atom. The summed E-state index contributed by atoms with van der Waals surface area (Å²) in [6.45, 7) is 8.52. The van der Waals surface area contributed by atoms with Gasteiger partial charge >= 0.3 is 5.97 Å². The minimum atomic E-state index is -0.304. The van der Waals surface area contributed by atoms with Gasteiger partial charge in [0.15, 0.2) is 0 Å². The summed E-state index contributed by atoms with van der Waals surface area (Å²) in [6.07, 6.45) is 7.83. The van der Waals surface area contributed by atoms with Crippen molar-refractivity contribution in [1.29, 1.82) is 0 Å². The van der Waals surface area contributed by atoms with E-state index in [4.69, 9.17) is 14.2 Å². The Labute approximate surface area is 233 Å². The summed E-state index contributed by atoms with van der Waals surface area (Å²) in [5.41, 5.74) is 6.77. The number of esters is 1. The molecule has 0 saturated carbocycles. The molecule has 0 saturated heterocycles. The van der Waals surface area contributed by atoms with Crippen molar-refractivity contribution in [3.05, 3.63) is 84.4 Å². The van der Waals surface area contributed by atoms with Crippen LogP contribution in [-0.4, -0.2) is 37.5 Å². The molecule has 0 amide bonds. The Hall–Kier alpha value is -3.57. The van der Waals surface area contributed by atoms with Crippen molar-refractivity contribution in [2.24, 2.45) is 0 Å². The van der Waals surface area contributed by atoms with Crippen LogP contribution in [0.3, 0.4) is 0 Å².